The van der Waals surface area contributed by atoms with Crippen LogP contribution in [-0.4, -0.2) is 24.4 Å². The topological polar surface area (TPSA) is 142 Å². The van der Waals surface area contributed by atoms with Crippen molar-refractivity contribution in [2.75, 3.05) is 0 Å². The minimum absolute atomic E-state index is 0.0310. The summed E-state index contributed by atoms with van der Waals surface area (Å²) in [5.74, 6) is -0.478. The van der Waals surface area contributed by atoms with E-state index in [1.54, 1.807) is 6.08 Å². The molecule has 0 aromatic heterocycles. The molecule has 1 aliphatic heterocycles. The zero-order valence-electron chi connectivity index (χ0n) is 13.4. The number of nitro groups is 1. The maximum atomic E-state index is 12.4. The van der Waals surface area contributed by atoms with Crippen molar-refractivity contribution in [3.63, 3.8) is 0 Å². The van der Waals surface area contributed by atoms with E-state index in [1.807, 2.05) is 0 Å². The van der Waals surface area contributed by atoms with Gasteiger partial charge in [0.2, 0.25) is 0 Å². The molecule has 0 saturated heterocycles. The van der Waals surface area contributed by atoms with Crippen molar-refractivity contribution in [3.8, 4) is 5.75 Å². The zero-order chi connectivity index (χ0) is 19.6. The summed E-state index contributed by atoms with van der Waals surface area (Å²) in [7, 11) is -4.39. The molecule has 0 saturated carbocycles. The van der Waals surface area contributed by atoms with Gasteiger partial charge in [-0.3, -0.25) is 14.9 Å². The molecule has 27 heavy (non-hydrogen) atoms. The molecule has 2 N–H and O–H groups in total. The quantitative estimate of drug-likeness (QED) is 0.345. The lowest BCUT2D eigenvalue weighted by molar-refractivity contribution is -0.387. The minimum Gasteiger partial charge on any atom is -0.379 e. The lowest BCUT2D eigenvalue weighted by Crippen LogP contribution is -2.11. The summed E-state index contributed by atoms with van der Waals surface area (Å²) in [6.45, 7) is 0. The van der Waals surface area contributed by atoms with Gasteiger partial charge in [-0.2, -0.15) is 13.4 Å². The fraction of sp³-hybridized carbons (Fsp3) is 0. The highest BCUT2D eigenvalue weighted by atomic mass is 32.2. The molecule has 3 rings (SSSR count). The Morgan fingerprint density at radius 3 is 2.41 bits per heavy atom. The maximum absolute atomic E-state index is 12.4. The van der Waals surface area contributed by atoms with Crippen molar-refractivity contribution < 1.29 is 22.3 Å². The first-order valence-corrected chi connectivity index (χ1v) is 9.55. The highest BCUT2D eigenvalue weighted by Crippen LogP contribution is 2.29. The summed E-state index contributed by atoms with van der Waals surface area (Å²) in [5, 5.41) is 11.2. The Kier molecular flexibility index (Phi) is 4.97. The van der Waals surface area contributed by atoms with Crippen molar-refractivity contribution in [1.82, 2.24) is 0 Å². The molecular formula is C16H11N3O6S2. The third kappa shape index (κ3) is 4.15. The van der Waals surface area contributed by atoms with Crippen LogP contribution in [0.3, 0.4) is 0 Å². The minimum atomic E-state index is -4.39. The maximum Gasteiger partial charge on any atom is 0.346 e. The Bertz CT molecular complexity index is 1090. The molecule has 11 heteroatoms. The zero-order valence-corrected chi connectivity index (χ0v) is 15.1. The summed E-state index contributed by atoms with van der Waals surface area (Å²) >= 11 is 1.03. The lowest BCUT2D eigenvalue weighted by atomic mass is 10.2. The molecule has 0 atom stereocenters. The molecule has 0 unspecified atom stereocenters. The van der Waals surface area contributed by atoms with Gasteiger partial charge in [0.05, 0.1) is 9.83 Å². The van der Waals surface area contributed by atoms with Gasteiger partial charge in [0.25, 0.3) is 11.6 Å². The van der Waals surface area contributed by atoms with Gasteiger partial charge < -0.3 is 9.92 Å². The van der Waals surface area contributed by atoms with Gasteiger partial charge in [0, 0.05) is 6.07 Å². The molecule has 0 bridgehead atoms. The molecule has 2 aromatic carbocycles. The highest BCUT2D eigenvalue weighted by Gasteiger charge is 2.27. The van der Waals surface area contributed by atoms with E-state index in [0.29, 0.717) is 10.5 Å². The van der Waals surface area contributed by atoms with E-state index in [4.69, 9.17) is 9.92 Å². The molecule has 0 spiro atoms. The molecule has 9 nitrogen and oxygen atoms in total. The Morgan fingerprint density at radius 1 is 1.15 bits per heavy atom. The summed E-state index contributed by atoms with van der Waals surface area (Å²) in [6, 6.07) is 10.7. The molecular weight excluding hydrogens is 394 g/mol. The predicted molar refractivity (Wildman–Crippen MR) is 99.5 cm³/mol. The number of benzene rings is 2. The van der Waals surface area contributed by atoms with Gasteiger partial charge in [-0.25, -0.2) is 0 Å². The van der Waals surface area contributed by atoms with Crippen LogP contribution in [0.2, 0.25) is 0 Å². The number of nitro benzene ring substituents is 1. The van der Waals surface area contributed by atoms with E-state index in [2.05, 4.69) is 4.99 Å². The van der Waals surface area contributed by atoms with E-state index >= 15 is 0 Å². The van der Waals surface area contributed by atoms with Crippen molar-refractivity contribution in [2.24, 2.45) is 10.7 Å². The molecule has 1 amide bonds. The van der Waals surface area contributed by atoms with Crippen LogP contribution < -0.4 is 9.92 Å². The number of thioether (sulfide) groups is 1. The lowest BCUT2D eigenvalue weighted by Gasteiger charge is -2.07. The monoisotopic (exact) mass is 405 g/mol. The molecule has 1 aliphatic rings. The van der Waals surface area contributed by atoms with Crippen molar-refractivity contribution >= 4 is 44.7 Å². The van der Waals surface area contributed by atoms with E-state index in [-0.39, 0.29) is 10.9 Å². The first-order valence-electron chi connectivity index (χ1n) is 7.32. The number of nitrogens with zero attached hydrogens (tertiary/aromatic N) is 2. The first-order chi connectivity index (χ1) is 12.8. The van der Waals surface area contributed by atoms with Crippen LogP contribution in [0.1, 0.15) is 5.56 Å². The number of amides is 1. The van der Waals surface area contributed by atoms with Gasteiger partial charge in [0.15, 0.2) is 10.1 Å². The van der Waals surface area contributed by atoms with Gasteiger partial charge >= 0.3 is 10.1 Å². The Hall–Kier alpha value is -3.18. The number of aliphatic imine (C=N–C) groups is 1. The number of hydrogen-bond acceptors (Lipinski definition) is 8. The van der Waals surface area contributed by atoms with Crippen LogP contribution in [0.5, 0.6) is 5.75 Å². The molecule has 2 aromatic rings. The number of carbonyl (C=O) groups is 1. The fourth-order valence-corrected chi connectivity index (χ4v) is 3.97. The Balaban J connectivity index is 1.82. The summed E-state index contributed by atoms with van der Waals surface area (Å²) < 4.78 is 29.7. The van der Waals surface area contributed by atoms with Gasteiger partial charge in [-0.1, -0.05) is 24.3 Å². The molecule has 138 valence electrons. The van der Waals surface area contributed by atoms with E-state index in [0.717, 1.165) is 23.9 Å². The third-order valence-corrected chi connectivity index (χ3v) is 5.46. The van der Waals surface area contributed by atoms with Gasteiger partial charge in [0.1, 0.15) is 5.75 Å². The number of hydrogen-bond donors (Lipinski definition) is 1. The smallest absolute Gasteiger partial charge is 0.346 e. The molecule has 0 fully saturated rings. The van der Waals surface area contributed by atoms with E-state index in [1.165, 1.54) is 36.4 Å². The summed E-state index contributed by atoms with van der Waals surface area (Å²) in [4.78, 5) is 25.2. The standard InChI is InChI=1S/C16H11N3O6S2/c17-16-18-15(20)13(26-16)9-10-5-7-11(8-6-10)25-27(23,24)14-4-2-1-3-12(14)19(21)22/h1-9H,(H2,17,18,20). The number of nitrogens with two attached hydrogens (primary N) is 1. The molecule has 0 radical (unpaired) electrons. The Morgan fingerprint density at radius 2 is 1.81 bits per heavy atom. The Labute approximate surface area is 157 Å². The largest absolute Gasteiger partial charge is 0.379 e. The van der Waals surface area contributed by atoms with Crippen LogP contribution in [0.25, 0.3) is 6.08 Å². The van der Waals surface area contributed by atoms with E-state index in [9.17, 15) is 23.3 Å². The SMILES string of the molecule is NC1=NC(=O)C(=Cc2ccc(OS(=O)(=O)c3ccccc3[N+](=O)[O-])cc2)S1. The summed E-state index contributed by atoms with van der Waals surface area (Å²) in [6.07, 6.45) is 1.55. The molecule has 1 heterocycles. The number of rotatable bonds is 5. The average molecular weight is 405 g/mol. The van der Waals surface area contributed by atoms with Crippen LogP contribution >= 0.6 is 11.8 Å². The van der Waals surface area contributed by atoms with Gasteiger partial charge in [-0.15, -0.1) is 0 Å². The number of carbonyl (C=O) groups excluding carboxylic acids is 1. The summed E-state index contributed by atoms with van der Waals surface area (Å²) in [5.41, 5.74) is 5.50. The average Bonchev–Trinajstić information content (AvgIpc) is 2.93. The normalized spacial score (nSPS) is 15.6. The van der Waals surface area contributed by atoms with E-state index < -0.39 is 31.5 Å². The van der Waals surface area contributed by atoms with Crippen LogP contribution in [0.15, 0.2) is 63.3 Å². The first kappa shape index (κ1) is 18.6. The van der Waals surface area contributed by atoms with Crippen molar-refractivity contribution in [2.45, 2.75) is 4.90 Å². The van der Waals surface area contributed by atoms with Gasteiger partial charge in [-0.05, 0) is 41.6 Å². The second-order valence-corrected chi connectivity index (χ2v) is 7.77. The predicted octanol–water partition coefficient (Wildman–Crippen LogP) is 2.29. The fourth-order valence-electron chi connectivity index (χ4n) is 2.19. The van der Waals surface area contributed by atoms with Crippen LogP contribution in [-0.2, 0) is 14.9 Å². The van der Waals surface area contributed by atoms with Crippen LogP contribution in [0.4, 0.5) is 5.69 Å². The van der Waals surface area contributed by atoms with Crippen molar-refractivity contribution in [3.05, 3.63) is 69.1 Å². The van der Waals surface area contributed by atoms with Crippen molar-refractivity contribution in [1.29, 1.82) is 0 Å². The molecule has 0 aliphatic carbocycles. The number of para-hydroxylation sites is 1. The second-order valence-electron chi connectivity index (χ2n) is 5.20. The third-order valence-electron chi connectivity index (χ3n) is 3.35. The highest BCUT2D eigenvalue weighted by molar-refractivity contribution is 8.18. The van der Waals surface area contributed by atoms with Crippen LogP contribution in [0, 0.1) is 10.1 Å². The second kappa shape index (κ2) is 7.21. The number of amidine groups is 1.